The summed E-state index contributed by atoms with van der Waals surface area (Å²) in [6, 6.07) is 10.4. The molecule has 3 atom stereocenters. The van der Waals surface area contributed by atoms with Crippen molar-refractivity contribution in [2.45, 2.75) is 31.9 Å². The number of ether oxygens (including phenoxy) is 1. The van der Waals surface area contributed by atoms with E-state index in [1.807, 2.05) is 30.3 Å². The van der Waals surface area contributed by atoms with Crippen LogP contribution in [-0.2, 0) is 15.1 Å². The molecule has 1 aromatic rings. The molecule has 2 rings (SSSR count). The van der Waals surface area contributed by atoms with E-state index in [9.17, 15) is 4.79 Å². The molecule has 20 heavy (non-hydrogen) atoms. The zero-order valence-electron chi connectivity index (χ0n) is 12.3. The summed E-state index contributed by atoms with van der Waals surface area (Å²) in [5.41, 5.74) is 0.491. The first-order valence-electron chi connectivity index (χ1n) is 7.05. The van der Waals surface area contributed by atoms with E-state index in [1.54, 1.807) is 0 Å². The number of carbonyl (C=O) groups is 1. The number of carbonyl (C=O) groups excluding carboxylic acids is 1. The molecule has 1 aliphatic heterocycles. The molecule has 0 radical (unpaired) electrons. The fourth-order valence-corrected chi connectivity index (χ4v) is 3.16. The summed E-state index contributed by atoms with van der Waals surface area (Å²) < 4.78 is 5.85. The van der Waals surface area contributed by atoms with Gasteiger partial charge in [-0.2, -0.15) is 0 Å². The second kappa shape index (κ2) is 6.15. The lowest BCUT2D eigenvalue weighted by Crippen LogP contribution is -2.54. The molecule has 0 aliphatic carbocycles. The fourth-order valence-electron chi connectivity index (χ4n) is 3.11. The van der Waals surface area contributed by atoms with Crippen molar-refractivity contribution in [3.8, 4) is 0 Å². The highest BCUT2D eigenvalue weighted by molar-refractivity contribution is 6.26. The Hall–Kier alpha value is -1.06. The minimum absolute atomic E-state index is 0.106. The molecule has 110 valence electrons. The van der Waals surface area contributed by atoms with Crippen LogP contribution in [0.2, 0.25) is 0 Å². The summed E-state index contributed by atoms with van der Waals surface area (Å²) >= 11 is 5.65. The van der Waals surface area contributed by atoms with Crippen LogP contribution in [0, 0.1) is 5.92 Å². The summed E-state index contributed by atoms with van der Waals surface area (Å²) in [6.45, 7) is 5.22. The molecule has 0 bridgehead atoms. The summed E-state index contributed by atoms with van der Waals surface area (Å²) in [5, 5.41) is 0. The molecule has 0 spiro atoms. The van der Waals surface area contributed by atoms with Gasteiger partial charge in [-0.15, -0.1) is 11.6 Å². The Balaban J connectivity index is 2.42. The molecule has 1 aliphatic rings. The van der Waals surface area contributed by atoms with Gasteiger partial charge in [0.1, 0.15) is 11.5 Å². The van der Waals surface area contributed by atoms with E-state index in [1.165, 1.54) is 0 Å². The fraction of sp³-hybridized carbons (Fsp3) is 0.562. The van der Waals surface area contributed by atoms with E-state index in [0.717, 1.165) is 18.5 Å². The van der Waals surface area contributed by atoms with Crippen molar-refractivity contribution in [1.29, 1.82) is 0 Å². The number of alkyl halides is 1. The van der Waals surface area contributed by atoms with Crippen molar-refractivity contribution in [3.05, 3.63) is 35.9 Å². The minimum Gasteiger partial charge on any atom is -0.453 e. The SMILES string of the molecule is C[C@@H]1[C@@H](C)[C@](OC(=O)CCl)(c2ccccc2)CCN1C. The summed E-state index contributed by atoms with van der Waals surface area (Å²) in [4.78, 5) is 14.1. The molecule has 1 fully saturated rings. The highest BCUT2D eigenvalue weighted by Gasteiger charge is 2.47. The third kappa shape index (κ3) is 2.70. The van der Waals surface area contributed by atoms with Crippen molar-refractivity contribution in [2.24, 2.45) is 5.92 Å². The Morgan fingerprint density at radius 1 is 1.40 bits per heavy atom. The summed E-state index contributed by atoms with van der Waals surface area (Å²) in [5.74, 6) is -0.249. The van der Waals surface area contributed by atoms with Gasteiger partial charge < -0.3 is 9.64 Å². The van der Waals surface area contributed by atoms with Crippen LogP contribution in [0.1, 0.15) is 25.8 Å². The second-order valence-electron chi connectivity index (χ2n) is 5.62. The van der Waals surface area contributed by atoms with Crippen molar-refractivity contribution in [1.82, 2.24) is 4.90 Å². The number of rotatable bonds is 3. The summed E-state index contributed by atoms with van der Waals surface area (Å²) in [6.07, 6.45) is 0.793. The second-order valence-corrected chi connectivity index (χ2v) is 5.89. The largest absolute Gasteiger partial charge is 0.453 e. The maximum Gasteiger partial charge on any atom is 0.321 e. The van der Waals surface area contributed by atoms with Crippen molar-refractivity contribution >= 4 is 17.6 Å². The van der Waals surface area contributed by atoms with Gasteiger partial charge in [-0.1, -0.05) is 37.3 Å². The molecular formula is C16H22ClNO2. The van der Waals surface area contributed by atoms with Gasteiger partial charge in [0.15, 0.2) is 0 Å². The van der Waals surface area contributed by atoms with E-state index in [0.29, 0.717) is 6.04 Å². The number of hydrogen-bond donors (Lipinski definition) is 0. The number of piperidine rings is 1. The van der Waals surface area contributed by atoms with Gasteiger partial charge in [-0.05, 0) is 19.5 Å². The number of hydrogen-bond acceptors (Lipinski definition) is 3. The highest BCUT2D eigenvalue weighted by atomic mass is 35.5. The zero-order chi connectivity index (χ0) is 14.8. The Morgan fingerprint density at radius 3 is 2.65 bits per heavy atom. The van der Waals surface area contributed by atoms with Gasteiger partial charge in [0.25, 0.3) is 0 Å². The van der Waals surface area contributed by atoms with E-state index in [-0.39, 0.29) is 17.8 Å². The molecule has 0 N–H and O–H groups in total. The van der Waals surface area contributed by atoms with Gasteiger partial charge in [-0.3, -0.25) is 4.79 Å². The maximum atomic E-state index is 11.8. The molecule has 0 unspecified atom stereocenters. The lowest BCUT2D eigenvalue weighted by Gasteiger charge is -2.49. The van der Waals surface area contributed by atoms with Crippen LogP contribution in [-0.4, -0.2) is 36.4 Å². The first-order valence-corrected chi connectivity index (χ1v) is 7.58. The molecule has 4 heteroatoms. The Kier molecular flexibility index (Phi) is 4.71. The van der Waals surface area contributed by atoms with Gasteiger partial charge in [0.2, 0.25) is 0 Å². The molecule has 1 heterocycles. The van der Waals surface area contributed by atoms with Crippen LogP contribution in [0.5, 0.6) is 0 Å². The first-order chi connectivity index (χ1) is 9.51. The first kappa shape index (κ1) is 15.3. The van der Waals surface area contributed by atoms with Crippen molar-refractivity contribution < 1.29 is 9.53 Å². The molecule has 3 nitrogen and oxygen atoms in total. The van der Waals surface area contributed by atoms with E-state index in [4.69, 9.17) is 16.3 Å². The Morgan fingerprint density at radius 2 is 2.05 bits per heavy atom. The third-order valence-electron chi connectivity index (χ3n) is 4.66. The van der Waals surface area contributed by atoms with Gasteiger partial charge in [0.05, 0.1) is 0 Å². The molecule has 0 amide bonds. The highest BCUT2D eigenvalue weighted by Crippen LogP contribution is 2.43. The number of esters is 1. The van der Waals surface area contributed by atoms with Gasteiger partial charge >= 0.3 is 5.97 Å². The predicted octanol–water partition coefficient (Wildman–Crippen LogP) is 3.02. The molecular weight excluding hydrogens is 274 g/mol. The van der Waals surface area contributed by atoms with Gasteiger partial charge in [0, 0.05) is 24.9 Å². The number of benzene rings is 1. The topological polar surface area (TPSA) is 29.5 Å². The van der Waals surface area contributed by atoms with Crippen LogP contribution in [0.15, 0.2) is 30.3 Å². The maximum absolute atomic E-state index is 11.8. The van der Waals surface area contributed by atoms with E-state index in [2.05, 4.69) is 25.8 Å². The zero-order valence-corrected chi connectivity index (χ0v) is 13.1. The summed E-state index contributed by atoms with van der Waals surface area (Å²) in [7, 11) is 2.11. The van der Waals surface area contributed by atoms with Crippen molar-refractivity contribution in [3.63, 3.8) is 0 Å². The number of halogens is 1. The Bertz CT molecular complexity index is 465. The molecule has 1 saturated heterocycles. The molecule has 0 aromatic heterocycles. The van der Waals surface area contributed by atoms with Crippen LogP contribution in [0.25, 0.3) is 0 Å². The van der Waals surface area contributed by atoms with Crippen molar-refractivity contribution in [2.75, 3.05) is 19.5 Å². The predicted molar refractivity (Wildman–Crippen MR) is 80.8 cm³/mol. The third-order valence-corrected chi connectivity index (χ3v) is 4.88. The van der Waals surface area contributed by atoms with Crippen LogP contribution in [0.4, 0.5) is 0 Å². The lowest BCUT2D eigenvalue weighted by molar-refractivity contribution is -0.176. The monoisotopic (exact) mass is 295 g/mol. The standard InChI is InChI=1S/C16H22ClNO2/c1-12-13(2)18(3)10-9-16(12,20-15(19)11-17)14-7-5-4-6-8-14/h4-8,12-13H,9-11H2,1-3H3/t12-,13-,16+/m1/s1. The van der Waals surface area contributed by atoms with Gasteiger partial charge in [-0.25, -0.2) is 0 Å². The average Bonchev–Trinajstić information content (AvgIpc) is 2.49. The minimum atomic E-state index is -0.570. The molecule has 1 aromatic carbocycles. The van der Waals surface area contributed by atoms with Crippen LogP contribution < -0.4 is 0 Å². The normalized spacial score (nSPS) is 31.0. The average molecular weight is 296 g/mol. The van der Waals surface area contributed by atoms with Crippen LogP contribution >= 0.6 is 11.6 Å². The molecule has 0 saturated carbocycles. The number of nitrogens with zero attached hydrogens (tertiary/aromatic N) is 1. The lowest BCUT2D eigenvalue weighted by atomic mass is 9.73. The van der Waals surface area contributed by atoms with E-state index < -0.39 is 5.60 Å². The van der Waals surface area contributed by atoms with E-state index >= 15 is 0 Å². The van der Waals surface area contributed by atoms with Crippen LogP contribution in [0.3, 0.4) is 0 Å². The quantitative estimate of drug-likeness (QED) is 0.634. The Labute approximate surface area is 125 Å². The number of likely N-dealkylation sites (tertiary alicyclic amines) is 1. The smallest absolute Gasteiger partial charge is 0.321 e.